The van der Waals surface area contributed by atoms with Crippen LogP contribution in [0.4, 0.5) is 4.39 Å². The normalized spacial score (nSPS) is 12.0. The number of carboxylic acid groups (broad SMARTS) is 1. The van der Waals surface area contributed by atoms with Gasteiger partial charge in [0.05, 0.1) is 11.5 Å². The van der Waals surface area contributed by atoms with Crippen molar-refractivity contribution in [3.63, 3.8) is 0 Å². The Kier molecular flexibility index (Phi) is 5.47. The van der Waals surface area contributed by atoms with Crippen LogP contribution >= 0.6 is 15.9 Å². The number of carbonyl (C=O) groups is 2. The van der Waals surface area contributed by atoms with Crippen LogP contribution in [0.2, 0.25) is 0 Å². The van der Waals surface area contributed by atoms with Crippen LogP contribution in [0.25, 0.3) is 0 Å². The number of nitrogens with zero attached hydrogens (tertiary/aromatic N) is 1. The van der Waals surface area contributed by atoms with Gasteiger partial charge in [0.25, 0.3) is 5.91 Å². The third-order valence-corrected chi connectivity index (χ3v) is 3.42. The van der Waals surface area contributed by atoms with Crippen LogP contribution in [-0.2, 0) is 4.79 Å². The van der Waals surface area contributed by atoms with E-state index >= 15 is 0 Å². The summed E-state index contributed by atoms with van der Waals surface area (Å²) in [6, 6.07) is 4.27. The maximum absolute atomic E-state index is 13.7. The Morgan fingerprint density at radius 1 is 1.47 bits per heavy atom. The first-order valence-corrected chi connectivity index (χ1v) is 6.63. The summed E-state index contributed by atoms with van der Waals surface area (Å²) in [5.41, 5.74) is -0.0676. The Hall–Kier alpha value is -1.43. The quantitative estimate of drug-likeness (QED) is 0.902. The summed E-state index contributed by atoms with van der Waals surface area (Å²) in [6.45, 7) is 3.60. The average molecular weight is 332 g/mol. The van der Waals surface area contributed by atoms with E-state index in [2.05, 4.69) is 15.9 Å². The number of hydrogen-bond donors (Lipinski definition) is 1. The van der Waals surface area contributed by atoms with Crippen molar-refractivity contribution < 1.29 is 19.1 Å². The van der Waals surface area contributed by atoms with Crippen molar-refractivity contribution in [2.45, 2.75) is 13.8 Å². The summed E-state index contributed by atoms with van der Waals surface area (Å²) in [5, 5.41) is 8.87. The van der Waals surface area contributed by atoms with Crippen LogP contribution in [-0.4, -0.2) is 35.0 Å². The van der Waals surface area contributed by atoms with Gasteiger partial charge in [-0.15, -0.1) is 0 Å². The largest absolute Gasteiger partial charge is 0.481 e. The Balaban J connectivity index is 2.99. The lowest BCUT2D eigenvalue weighted by Crippen LogP contribution is -2.37. The second kappa shape index (κ2) is 6.65. The predicted molar refractivity (Wildman–Crippen MR) is 72.5 cm³/mol. The van der Waals surface area contributed by atoms with Crippen molar-refractivity contribution in [3.05, 3.63) is 34.1 Å². The summed E-state index contributed by atoms with van der Waals surface area (Å²) in [5.74, 6) is -2.82. The highest BCUT2D eigenvalue weighted by Gasteiger charge is 2.24. The van der Waals surface area contributed by atoms with E-state index in [1.807, 2.05) is 0 Å². The van der Waals surface area contributed by atoms with E-state index in [0.717, 1.165) is 0 Å². The highest BCUT2D eigenvalue weighted by Crippen LogP contribution is 2.21. The molecule has 19 heavy (non-hydrogen) atoms. The Labute approximate surface area is 119 Å². The number of hydrogen-bond acceptors (Lipinski definition) is 2. The minimum Gasteiger partial charge on any atom is -0.481 e. The minimum absolute atomic E-state index is 0.0471. The van der Waals surface area contributed by atoms with Gasteiger partial charge >= 0.3 is 5.97 Å². The van der Waals surface area contributed by atoms with Crippen LogP contribution in [0.15, 0.2) is 22.7 Å². The molecule has 0 fully saturated rings. The molecule has 0 radical (unpaired) electrons. The van der Waals surface area contributed by atoms with Gasteiger partial charge in [-0.1, -0.05) is 13.0 Å². The molecular weight excluding hydrogens is 317 g/mol. The second-order valence-corrected chi connectivity index (χ2v) is 5.03. The SMILES string of the molecule is CCN(CC(C)C(=O)O)C(=O)c1c(F)cccc1Br. The molecule has 0 saturated heterocycles. The van der Waals surface area contributed by atoms with Crippen molar-refractivity contribution in [3.8, 4) is 0 Å². The van der Waals surface area contributed by atoms with Gasteiger partial charge in [-0.25, -0.2) is 4.39 Å². The number of benzene rings is 1. The summed E-state index contributed by atoms with van der Waals surface area (Å²) < 4.78 is 14.1. The molecule has 1 aromatic rings. The number of carboxylic acids is 1. The van der Waals surface area contributed by atoms with Gasteiger partial charge in [-0.05, 0) is 35.0 Å². The third-order valence-electron chi connectivity index (χ3n) is 2.76. The molecule has 6 heteroatoms. The van der Waals surface area contributed by atoms with E-state index in [9.17, 15) is 14.0 Å². The molecule has 1 amide bonds. The van der Waals surface area contributed by atoms with E-state index in [-0.39, 0.29) is 12.1 Å². The maximum Gasteiger partial charge on any atom is 0.308 e. The van der Waals surface area contributed by atoms with Crippen LogP contribution in [0.3, 0.4) is 0 Å². The zero-order chi connectivity index (χ0) is 14.6. The van der Waals surface area contributed by atoms with Crippen LogP contribution in [0.5, 0.6) is 0 Å². The molecule has 1 N–H and O–H groups in total. The summed E-state index contributed by atoms with van der Waals surface area (Å²) in [7, 11) is 0. The van der Waals surface area contributed by atoms with Gasteiger partial charge in [-0.3, -0.25) is 9.59 Å². The molecule has 0 aliphatic carbocycles. The summed E-state index contributed by atoms with van der Waals surface area (Å²) in [6.07, 6.45) is 0. The number of halogens is 2. The van der Waals surface area contributed by atoms with E-state index in [1.54, 1.807) is 13.0 Å². The molecule has 0 bridgehead atoms. The van der Waals surface area contributed by atoms with Crippen molar-refractivity contribution in [1.29, 1.82) is 0 Å². The fourth-order valence-electron chi connectivity index (χ4n) is 1.62. The molecule has 0 saturated carbocycles. The third kappa shape index (κ3) is 3.76. The number of carbonyl (C=O) groups excluding carboxylic acids is 1. The zero-order valence-corrected chi connectivity index (χ0v) is 12.3. The van der Waals surface area contributed by atoms with Crippen LogP contribution in [0, 0.1) is 11.7 Å². The van der Waals surface area contributed by atoms with Crippen molar-refractivity contribution in [1.82, 2.24) is 4.90 Å². The van der Waals surface area contributed by atoms with E-state index in [4.69, 9.17) is 5.11 Å². The first-order valence-electron chi connectivity index (χ1n) is 5.84. The molecule has 1 aromatic carbocycles. The van der Waals surface area contributed by atoms with Crippen molar-refractivity contribution in [2.24, 2.45) is 5.92 Å². The molecule has 0 heterocycles. The van der Waals surface area contributed by atoms with Gasteiger partial charge in [-0.2, -0.15) is 0 Å². The second-order valence-electron chi connectivity index (χ2n) is 4.18. The van der Waals surface area contributed by atoms with E-state index < -0.39 is 23.6 Å². The molecule has 0 aromatic heterocycles. The topological polar surface area (TPSA) is 57.6 Å². The maximum atomic E-state index is 13.7. The average Bonchev–Trinajstić information content (AvgIpc) is 2.34. The highest BCUT2D eigenvalue weighted by molar-refractivity contribution is 9.10. The van der Waals surface area contributed by atoms with Gasteiger partial charge in [0.2, 0.25) is 0 Å². The van der Waals surface area contributed by atoms with E-state index in [1.165, 1.54) is 24.0 Å². The van der Waals surface area contributed by atoms with E-state index in [0.29, 0.717) is 11.0 Å². The van der Waals surface area contributed by atoms with Crippen LogP contribution in [0.1, 0.15) is 24.2 Å². The van der Waals surface area contributed by atoms with Crippen LogP contribution < -0.4 is 0 Å². The zero-order valence-electron chi connectivity index (χ0n) is 10.7. The molecule has 1 unspecified atom stereocenters. The lowest BCUT2D eigenvalue weighted by molar-refractivity contribution is -0.141. The summed E-state index contributed by atoms with van der Waals surface area (Å²) >= 11 is 3.14. The predicted octanol–water partition coefficient (Wildman–Crippen LogP) is 2.77. The highest BCUT2D eigenvalue weighted by atomic mass is 79.9. The molecule has 1 atom stereocenters. The fourth-order valence-corrected chi connectivity index (χ4v) is 2.14. The Morgan fingerprint density at radius 3 is 2.58 bits per heavy atom. The number of rotatable bonds is 5. The lowest BCUT2D eigenvalue weighted by atomic mass is 10.1. The van der Waals surface area contributed by atoms with Crippen molar-refractivity contribution in [2.75, 3.05) is 13.1 Å². The standard InChI is InChI=1S/C13H15BrFNO3/c1-3-16(7-8(2)13(18)19)12(17)11-9(14)5-4-6-10(11)15/h4-6,8H,3,7H2,1-2H3,(H,18,19). The number of aliphatic carboxylic acids is 1. The monoisotopic (exact) mass is 331 g/mol. The Bertz CT molecular complexity index is 473. The molecule has 0 aliphatic heterocycles. The smallest absolute Gasteiger partial charge is 0.308 e. The molecule has 4 nitrogen and oxygen atoms in total. The fraction of sp³-hybridized carbons (Fsp3) is 0.385. The first-order chi connectivity index (χ1) is 8.88. The van der Waals surface area contributed by atoms with Crippen molar-refractivity contribution >= 4 is 27.8 Å². The van der Waals surface area contributed by atoms with Gasteiger partial charge in [0.15, 0.2) is 0 Å². The number of amides is 1. The van der Waals surface area contributed by atoms with Gasteiger partial charge in [0.1, 0.15) is 5.82 Å². The lowest BCUT2D eigenvalue weighted by Gasteiger charge is -2.23. The Morgan fingerprint density at radius 2 is 2.11 bits per heavy atom. The minimum atomic E-state index is -0.987. The first kappa shape index (κ1) is 15.6. The molecule has 104 valence electrons. The molecule has 1 rings (SSSR count). The molecule has 0 spiro atoms. The molecular formula is C13H15BrFNO3. The summed E-state index contributed by atoms with van der Waals surface area (Å²) in [4.78, 5) is 24.4. The molecule has 0 aliphatic rings. The van der Waals surface area contributed by atoms with Gasteiger partial charge < -0.3 is 10.0 Å². The van der Waals surface area contributed by atoms with Gasteiger partial charge in [0, 0.05) is 17.6 Å².